The number of halogens is 1. The van der Waals surface area contributed by atoms with E-state index in [1.807, 2.05) is 0 Å². The molecule has 0 aliphatic carbocycles. The molecule has 0 aliphatic rings. The number of hydrogen-bond donors (Lipinski definition) is 0. The molecule has 0 bridgehead atoms. The number of benzene rings is 3. The van der Waals surface area contributed by atoms with Crippen molar-refractivity contribution < 1.29 is 0 Å². The highest BCUT2D eigenvalue weighted by molar-refractivity contribution is 7.95. The summed E-state index contributed by atoms with van der Waals surface area (Å²) in [6.07, 6.45) is 5.55. The predicted octanol–water partition coefficient (Wildman–Crippen LogP) is 4.98. The van der Waals surface area contributed by atoms with Crippen LogP contribution in [0.1, 0.15) is 6.92 Å². The molecular weight excluding hydrogens is 331 g/mol. The maximum Gasteiger partial charge on any atom is 0.115 e. The second kappa shape index (κ2) is 8.83. The monoisotopic (exact) mass is 353 g/mol. The second-order valence-corrected chi connectivity index (χ2v) is 9.10. The summed E-state index contributed by atoms with van der Waals surface area (Å²) < 4.78 is 0. The molecule has 0 nitrogen and oxygen atoms in total. The molecule has 0 aliphatic heterocycles. The van der Waals surface area contributed by atoms with Gasteiger partial charge in [0.15, 0.2) is 0 Å². The smallest absolute Gasteiger partial charge is 0.115 e. The Morgan fingerprint density at radius 3 is 1.25 bits per heavy atom. The van der Waals surface area contributed by atoms with Gasteiger partial charge in [-0.1, -0.05) is 66.7 Å². The summed E-state index contributed by atoms with van der Waals surface area (Å²) >= 11 is 0. The molecule has 0 fully saturated rings. The molecule has 0 N–H and O–H groups in total. The predicted molar refractivity (Wildman–Crippen MR) is 112 cm³/mol. The van der Waals surface area contributed by atoms with E-state index in [-0.39, 0.29) is 12.4 Å². The topological polar surface area (TPSA) is 0 Å². The molecule has 3 rings (SSSR count). The van der Waals surface area contributed by atoms with Gasteiger partial charge in [0, 0.05) is 0 Å². The Balaban J connectivity index is 0.00000208. The fourth-order valence-electron chi connectivity index (χ4n) is 3.07. The van der Waals surface area contributed by atoms with Crippen LogP contribution in [-0.2, 0) is 0 Å². The SMILES string of the molecule is C/C=C/C[P+](c1ccccc1)(c1ccccc1)c1ccccc1.Cl. The Hall–Kier alpha value is -1.88. The van der Waals surface area contributed by atoms with Crippen LogP contribution in [0.2, 0.25) is 0 Å². The van der Waals surface area contributed by atoms with E-state index in [9.17, 15) is 0 Å². The number of hydrogen-bond acceptors (Lipinski definition) is 0. The van der Waals surface area contributed by atoms with Crippen molar-refractivity contribution in [3.8, 4) is 0 Å². The molecule has 3 aromatic rings. The Bertz CT molecular complexity index is 655. The van der Waals surface area contributed by atoms with Crippen molar-refractivity contribution >= 4 is 35.6 Å². The van der Waals surface area contributed by atoms with E-state index in [1.54, 1.807) is 0 Å². The first-order valence-corrected chi connectivity index (χ1v) is 10.0. The molecule has 0 saturated heterocycles. The van der Waals surface area contributed by atoms with Gasteiger partial charge < -0.3 is 0 Å². The molecule has 0 heterocycles. The first-order chi connectivity index (χ1) is 11.4. The zero-order chi connectivity index (χ0) is 16.0. The molecule has 2 heteroatoms. The minimum atomic E-state index is -1.66. The second-order valence-electron chi connectivity index (χ2n) is 5.57. The third-order valence-corrected chi connectivity index (χ3v) is 8.50. The van der Waals surface area contributed by atoms with Gasteiger partial charge >= 0.3 is 0 Å². The Morgan fingerprint density at radius 2 is 0.958 bits per heavy atom. The molecule has 0 atom stereocenters. The molecule has 122 valence electrons. The third-order valence-electron chi connectivity index (χ3n) is 4.21. The fourth-order valence-corrected chi connectivity index (χ4v) is 7.17. The molecule has 0 unspecified atom stereocenters. The van der Waals surface area contributed by atoms with Crippen LogP contribution in [0.15, 0.2) is 103 Å². The van der Waals surface area contributed by atoms with Crippen molar-refractivity contribution in [1.82, 2.24) is 0 Å². The lowest BCUT2D eigenvalue weighted by Gasteiger charge is -2.26. The van der Waals surface area contributed by atoms with Crippen LogP contribution in [0.5, 0.6) is 0 Å². The van der Waals surface area contributed by atoms with E-state index in [4.69, 9.17) is 0 Å². The summed E-state index contributed by atoms with van der Waals surface area (Å²) in [5, 5.41) is 4.32. The van der Waals surface area contributed by atoms with Crippen LogP contribution in [0, 0.1) is 0 Å². The fraction of sp³-hybridized carbons (Fsp3) is 0.0909. The summed E-state index contributed by atoms with van der Waals surface area (Å²) in [4.78, 5) is 0. The van der Waals surface area contributed by atoms with Gasteiger partial charge in [-0.15, -0.1) is 12.4 Å². The van der Waals surface area contributed by atoms with E-state index in [1.165, 1.54) is 15.9 Å². The van der Waals surface area contributed by atoms with Gasteiger partial charge in [-0.05, 0) is 43.3 Å². The molecular formula is C22H23ClP+. The van der Waals surface area contributed by atoms with Gasteiger partial charge in [-0.2, -0.15) is 0 Å². The highest BCUT2D eigenvalue weighted by atomic mass is 35.5. The largest absolute Gasteiger partial charge is 0.147 e. The molecule has 0 saturated carbocycles. The average molecular weight is 354 g/mol. The summed E-state index contributed by atoms with van der Waals surface area (Å²) in [6.45, 7) is 2.11. The average Bonchev–Trinajstić information content (AvgIpc) is 2.65. The van der Waals surface area contributed by atoms with Crippen molar-refractivity contribution in [2.24, 2.45) is 0 Å². The summed E-state index contributed by atoms with van der Waals surface area (Å²) in [6, 6.07) is 33.0. The summed E-state index contributed by atoms with van der Waals surface area (Å²) in [5.41, 5.74) is 0. The van der Waals surface area contributed by atoms with Crippen molar-refractivity contribution in [3.63, 3.8) is 0 Å². The van der Waals surface area contributed by atoms with Crippen LogP contribution in [-0.4, -0.2) is 6.16 Å². The van der Waals surface area contributed by atoms with Crippen molar-refractivity contribution in [3.05, 3.63) is 103 Å². The lowest BCUT2D eigenvalue weighted by molar-refractivity contribution is 1.61. The summed E-state index contributed by atoms with van der Waals surface area (Å²) in [7, 11) is -1.66. The first-order valence-electron chi connectivity index (χ1n) is 8.04. The lowest BCUT2D eigenvalue weighted by Crippen LogP contribution is -2.32. The molecule has 0 aromatic heterocycles. The van der Waals surface area contributed by atoms with Crippen LogP contribution < -0.4 is 15.9 Å². The van der Waals surface area contributed by atoms with Gasteiger partial charge in [0.25, 0.3) is 0 Å². The minimum absolute atomic E-state index is 0. The van der Waals surface area contributed by atoms with E-state index in [2.05, 4.69) is 110 Å². The van der Waals surface area contributed by atoms with Gasteiger partial charge in [0.1, 0.15) is 23.2 Å². The van der Waals surface area contributed by atoms with Crippen LogP contribution in [0.4, 0.5) is 0 Å². The van der Waals surface area contributed by atoms with E-state index in [0.717, 1.165) is 6.16 Å². The van der Waals surface area contributed by atoms with E-state index in [0.29, 0.717) is 0 Å². The van der Waals surface area contributed by atoms with Crippen molar-refractivity contribution in [1.29, 1.82) is 0 Å². The van der Waals surface area contributed by atoms with Gasteiger partial charge in [0.2, 0.25) is 0 Å². The molecule has 0 spiro atoms. The van der Waals surface area contributed by atoms with Crippen LogP contribution in [0.25, 0.3) is 0 Å². The zero-order valence-electron chi connectivity index (χ0n) is 13.9. The quantitative estimate of drug-likeness (QED) is 0.448. The Labute approximate surface area is 152 Å². The highest BCUT2D eigenvalue weighted by Crippen LogP contribution is 2.55. The Morgan fingerprint density at radius 1 is 0.625 bits per heavy atom. The zero-order valence-corrected chi connectivity index (χ0v) is 15.6. The van der Waals surface area contributed by atoms with Gasteiger partial charge in [-0.25, -0.2) is 0 Å². The van der Waals surface area contributed by atoms with Crippen LogP contribution >= 0.6 is 19.7 Å². The third kappa shape index (κ3) is 3.61. The van der Waals surface area contributed by atoms with Crippen LogP contribution in [0.3, 0.4) is 0 Å². The first kappa shape index (κ1) is 18.5. The molecule has 3 aromatic carbocycles. The van der Waals surface area contributed by atoms with Gasteiger partial charge in [0.05, 0.1) is 6.16 Å². The highest BCUT2D eigenvalue weighted by Gasteiger charge is 2.43. The maximum atomic E-state index is 2.32. The summed E-state index contributed by atoms with van der Waals surface area (Å²) in [5.74, 6) is 0. The molecule has 0 radical (unpaired) electrons. The molecule has 24 heavy (non-hydrogen) atoms. The molecule has 0 amide bonds. The maximum absolute atomic E-state index is 2.32. The van der Waals surface area contributed by atoms with Crippen molar-refractivity contribution in [2.45, 2.75) is 6.92 Å². The number of allylic oxidation sites excluding steroid dienone is 2. The van der Waals surface area contributed by atoms with E-state index < -0.39 is 7.26 Å². The Kier molecular flexibility index (Phi) is 6.79. The normalized spacial score (nSPS) is 11.2. The number of rotatable bonds is 5. The van der Waals surface area contributed by atoms with Gasteiger partial charge in [-0.3, -0.25) is 0 Å². The van der Waals surface area contributed by atoms with E-state index >= 15 is 0 Å². The standard InChI is InChI=1S/C22H22P.ClH/c1-2-3-19-23(20-13-7-4-8-14-20,21-15-9-5-10-16-21)22-17-11-6-12-18-22;/h2-18H,19H2,1H3;1H/q+1;/b3-2+;. The lowest BCUT2D eigenvalue weighted by atomic mass is 10.4. The van der Waals surface area contributed by atoms with Crippen molar-refractivity contribution in [2.75, 3.05) is 6.16 Å². The minimum Gasteiger partial charge on any atom is -0.147 e.